The molecule has 0 bridgehead atoms. The molecule has 12 N–H and O–H groups in total. The fraction of sp³-hybridized carbons (Fsp3) is 0.607. The summed E-state index contributed by atoms with van der Waals surface area (Å²) >= 11 is 0. The third-order valence-corrected chi connectivity index (χ3v) is 14.7. The summed E-state index contributed by atoms with van der Waals surface area (Å²) in [7, 11) is 0. The predicted molar refractivity (Wildman–Crippen MR) is 292 cm³/mol. The lowest BCUT2D eigenvalue weighted by molar-refractivity contribution is -0.141. The summed E-state index contributed by atoms with van der Waals surface area (Å²) in [5.41, 5.74) is 13.2. The van der Waals surface area contributed by atoms with Crippen molar-refractivity contribution in [2.45, 2.75) is 141 Å². The number of nitrogens with one attached hydrogen (secondary N) is 8. The third kappa shape index (κ3) is 18.6. The standard InChI is InChI=1S/C56H84N12O10/c1-35(2)39-33-61-53(75)45-21-13-29-67(45)55(77)43(31-37-15-7-5-8-16-37)63-48(70)24-28-60-52(74)42(20-12-26-58)66-50(72)40(36(3)4)34-62-54(76)46-22-14-30-68(46)56(78)44(32-38-17-9-6-10-18-38)64-47(69)23-27-59-51(73)41(19-11-25-57)65-49(39)71/h5-10,15-18,35-36,39-46H,11-14,19-34,57-58H2,1-4H3,(H,59,73)(H,60,74)(H,61,75)(H,62,76)(H,63,70)(H,64,69)(H,65,71)(H,66,72)/t39-,40-,41-,42-,43+,44+,45-,46-/m0/s1. The second-order valence-electron chi connectivity index (χ2n) is 21.3. The van der Waals surface area contributed by atoms with Crippen molar-refractivity contribution in [1.29, 1.82) is 0 Å². The summed E-state index contributed by atoms with van der Waals surface area (Å²) in [6.45, 7) is 7.70. The summed E-state index contributed by atoms with van der Waals surface area (Å²) in [6.07, 6.45) is 2.62. The largest absolute Gasteiger partial charge is 0.354 e. The number of hydrogen-bond acceptors (Lipinski definition) is 12. The molecule has 8 atom stereocenters. The molecule has 3 fully saturated rings. The van der Waals surface area contributed by atoms with Crippen LogP contribution in [0.5, 0.6) is 0 Å². The van der Waals surface area contributed by atoms with Crippen molar-refractivity contribution in [2.75, 3.05) is 52.4 Å². The van der Waals surface area contributed by atoms with Gasteiger partial charge in [0.15, 0.2) is 0 Å². The molecule has 3 saturated heterocycles. The lowest BCUT2D eigenvalue weighted by Gasteiger charge is -2.30. The van der Waals surface area contributed by atoms with Gasteiger partial charge in [-0.05, 0) is 87.4 Å². The molecule has 0 aliphatic carbocycles. The van der Waals surface area contributed by atoms with Gasteiger partial charge in [0, 0.05) is 65.0 Å². The van der Waals surface area contributed by atoms with Crippen molar-refractivity contribution < 1.29 is 47.9 Å². The fourth-order valence-electron chi connectivity index (χ4n) is 10.1. The molecular weight excluding hydrogens is 1000 g/mol. The molecule has 0 aromatic heterocycles. The van der Waals surface area contributed by atoms with Crippen LogP contribution in [-0.4, -0.2) is 157 Å². The van der Waals surface area contributed by atoms with Crippen LogP contribution in [0.3, 0.4) is 0 Å². The summed E-state index contributed by atoms with van der Waals surface area (Å²) < 4.78 is 0. The topological polar surface area (TPSA) is 325 Å². The lowest BCUT2D eigenvalue weighted by atomic mass is 9.94. The normalized spacial score (nSPS) is 25.8. The fourth-order valence-corrected chi connectivity index (χ4v) is 10.1. The molecule has 22 heteroatoms. The average Bonchev–Trinajstić information content (AvgIpc) is 4.16. The first-order valence-electron chi connectivity index (χ1n) is 27.8. The van der Waals surface area contributed by atoms with Crippen LogP contribution >= 0.6 is 0 Å². The van der Waals surface area contributed by atoms with E-state index in [9.17, 15) is 47.9 Å². The quantitative estimate of drug-likeness (QED) is 0.131. The Morgan fingerprint density at radius 1 is 0.474 bits per heavy atom. The van der Waals surface area contributed by atoms with E-state index in [-0.39, 0.29) is 103 Å². The molecule has 428 valence electrons. The Morgan fingerprint density at radius 2 is 0.846 bits per heavy atom. The van der Waals surface area contributed by atoms with Gasteiger partial charge in [0.25, 0.3) is 0 Å². The molecule has 0 radical (unpaired) electrons. The van der Waals surface area contributed by atoms with Gasteiger partial charge in [-0.2, -0.15) is 0 Å². The molecule has 0 unspecified atom stereocenters. The zero-order valence-corrected chi connectivity index (χ0v) is 45.8. The maximum absolute atomic E-state index is 14.4. The highest BCUT2D eigenvalue weighted by Gasteiger charge is 2.41. The molecule has 22 nitrogen and oxygen atoms in total. The number of benzene rings is 2. The van der Waals surface area contributed by atoms with Crippen LogP contribution in [0.15, 0.2) is 60.7 Å². The Bertz CT molecular complexity index is 2200. The van der Waals surface area contributed by atoms with Crippen molar-refractivity contribution in [1.82, 2.24) is 52.3 Å². The Labute approximate surface area is 458 Å². The van der Waals surface area contributed by atoms with Gasteiger partial charge < -0.3 is 63.8 Å². The Kier molecular flexibility index (Phi) is 25.0. The van der Waals surface area contributed by atoms with Crippen molar-refractivity contribution >= 4 is 59.1 Å². The molecule has 3 aliphatic heterocycles. The molecule has 2 aromatic carbocycles. The number of carbonyl (C=O) groups excluding carboxylic acids is 10. The molecule has 3 aliphatic rings. The van der Waals surface area contributed by atoms with E-state index < -0.39 is 107 Å². The van der Waals surface area contributed by atoms with Crippen LogP contribution in [0.2, 0.25) is 0 Å². The van der Waals surface area contributed by atoms with E-state index in [0.717, 1.165) is 11.1 Å². The van der Waals surface area contributed by atoms with E-state index >= 15 is 0 Å². The number of nitrogens with zero attached hydrogens (tertiary/aromatic N) is 2. The SMILES string of the molecule is CC(C)[C@@H]1CNC(=O)[C@@H]2CCCN2C(=O)[C@@H](Cc2ccccc2)NC(=O)CCNC(=O)[C@H](CCCN)NC(=O)[C@H](C(C)C)CNC(=O)[C@@H]2CCCN2C(=O)[C@@H](Cc2ccccc2)NC(=O)CCNC(=O)[C@H](CCCN)NC1=O. The van der Waals surface area contributed by atoms with Gasteiger partial charge in [0.1, 0.15) is 36.3 Å². The summed E-state index contributed by atoms with van der Waals surface area (Å²) in [5.74, 6) is -7.27. The number of nitrogens with two attached hydrogens (primary N) is 2. The maximum Gasteiger partial charge on any atom is 0.246 e. The second kappa shape index (κ2) is 31.5. The minimum atomic E-state index is -1.08. The first-order valence-corrected chi connectivity index (χ1v) is 27.8. The average molecular weight is 1090 g/mol. The number of hydrogen-bond donors (Lipinski definition) is 10. The van der Waals surface area contributed by atoms with E-state index in [1.807, 2.05) is 88.4 Å². The number of carbonyl (C=O) groups is 10. The molecule has 3 heterocycles. The molecule has 0 saturated carbocycles. The number of rotatable bonds is 12. The Hall–Kier alpha value is -6.94. The van der Waals surface area contributed by atoms with Crippen molar-refractivity contribution in [3.63, 3.8) is 0 Å². The van der Waals surface area contributed by atoms with E-state index in [1.54, 1.807) is 0 Å². The highest BCUT2D eigenvalue weighted by atomic mass is 16.2. The van der Waals surface area contributed by atoms with Crippen molar-refractivity contribution in [2.24, 2.45) is 35.1 Å². The van der Waals surface area contributed by atoms with Crippen molar-refractivity contribution in [3.05, 3.63) is 71.8 Å². The van der Waals surface area contributed by atoms with E-state index in [4.69, 9.17) is 11.5 Å². The van der Waals surface area contributed by atoms with Crippen LogP contribution in [-0.2, 0) is 60.8 Å². The molecule has 2 aromatic rings. The Morgan fingerprint density at radius 3 is 1.19 bits per heavy atom. The maximum atomic E-state index is 14.4. The van der Waals surface area contributed by atoms with Gasteiger partial charge in [0.2, 0.25) is 59.1 Å². The zero-order valence-electron chi connectivity index (χ0n) is 45.8. The monoisotopic (exact) mass is 1080 g/mol. The second-order valence-corrected chi connectivity index (χ2v) is 21.3. The molecular formula is C56H84N12O10. The summed E-state index contributed by atoms with van der Waals surface area (Å²) in [6, 6.07) is 12.1. The van der Waals surface area contributed by atoms with Gasteiger partial charge >= 0.3 is 0 Å². The van der Waals surface area contributed by atoms with E-state index in [0.29, 0.717) is 38.5 Å². The van der Waals surface area contributed by atoms with Crippen LogP contribution in [0, 0.1) is 23.7 Å². The predicted octanol–water partition coefficient (Wildman–Crippen LogP) is -0.326. The minimum absolute atomic E-state index is 0.108. The van der Waals surface area contributed by atoms with Crippen LogP contribution in [0.25, 0.3) is 0 Å². The van der Waals surface area contributed by atoms with Crippen LogP contribution in [0.1, 0.15) is 103 Å². The molecule has 10 amide bonds. The Balaban J connectivity index is 1.41. The number of amides is 10. The number of fused-ring (bicyclic) bond motifs is 2. The van der Waals surface area contributed by atoms with Crippen molar-refractivity contribution in [3.8, 4) is 0 Å². The molecule has 5 rings (SSSR count). The van der Waals surface area contributed by atoms with Crippen LogP contribution < -0.4 is 54.0 Å². The van der Waals surface area contributed by atoms with Gasteiger partial charge in [-0.1, -0.05) is 88.4 Å². The summed E-state index contributed by atoms with van der Waals surface area (Å²) in [5, 5.41) is 22.6. The highest BCUT2D eigenvalue weighted by molar-refractivity contribution is 5.95. The smallest absolute Gasteiger partial charge is 0.246 e. The van der Waals surface area contributed by atoms with Gasteiger partial charge in [-0.3, -0.25) is 47.9 Å². The summed E-state index contributed by atoms with van der Waals surface area (Å²) in [4.78, 5) is 142. The molecule has 78 heavy (non-hydrogen) atoms. The van der Waals surface area contributed by atoms with Gasteiger partial charge in [0.05, 0.1) is 11.8 Å². The van der Waals surface area contributed by atoms with E-state index in [2.05, 4.69) is 42.5 Å². The first-order chi connectivity index (χ1) is 37.4. The lowest BCUT2D eigenvalue weighted by Crippen LogP contribution is -2.56. The minimum Gasteiger partial charge on any atom is -0.354 e. The van der Waals surface area contributed by atoms with E-state index in [1.165, 1.54) is 9.80 Å². The highest BCUT2D eigenvalue weighted by Crippen LogP contribution is 2.23. The zero-order chi connectivity index (χ0) is 56.7. The first kappa shape index (κ1) is 61.9. The van der Waals surface area contributed by atoms with Crippen LogP contribution in [0.4, 0.5) is 0 Å². The van der Waals surface area contributed by atoms with Gasteiger partial charge in [-0.25, -0.2) is 0 Å². The molecule has 0 spiro atoms. The van der Waals surface area contributed by atoms with Gasteiger partial charge in [-0.15, -0.1) is 0 Å². The third-order valence-electron chi connectivity index (χ3n) is 14.7.